The lowest BCUT2D eigenvalue weighted by atomic mass is 10.0. The number of carbonyl (C=O) groups is 1. The van der Waals surface area contributed by atoms with Gasteiger partial charge < -0.3 is 9.57 Å². The summed E-state index contributed by atoms with van der Waals surface area (Å²) >= 11 is 0. The van der Waals surface area contributed by atoms with Gasteiger partial charge in [-0.1, -0.05) is 62.2 Å². The van der Waals surface area contributed by atoms with Crippen molar-refractivity contribution in [3.63, 3.8) is 0 Å². The predicted octanol–water partition coefficient (Wildman–Crippen LogP) is 4.41. The van der Waals surface area contributed by atoms with Gasteiger partial charge >= 0.3 is 5.97 Å². The van der Waals surface area contributed by atoms with Crippen LogP contribution in [0.1, 0.15) is 50.2 Å². The van der Waals surface area contributed by atoms with Gasteiger partial charge in [0.25, 0.3) is 0 Å². The first-order valence-electron chi connectivity index (χ1n) is 8.90. The largest absolute Gasteiger partial charge is 0.490 e. The van der Waals surface area contributed by atoms with E-state index in [1.165, 1.54) is 11.1 Å². The third-order valence-corrected chi connectivity index (χ3v) is 4.13. The van der Waals surface area contributed by atoms with Crippen molar-refractivity contribution in [3.8, 4) is 5.75 Å². The molecule has 0 aliphatic heterocycles. The van der Waals surface area contributed by atoms with Crippen molar-refractivity contribution in [1.82, 2.24) is 0 Å². The van der Waals surface area contributed by atoms with Crippen LogP contribution in [0.3, 0.4) is 0 Å². The second-order valence-electron chi connectivity index (χ2n) is 6.24. The van der Waals surface area contributed by atoms with E-state index in [2.05, 4.69) is 36.0 Å². The first-order chi connectivity index (χ1) is 12.2. The summed E-state index contributed by atoms with van der Waals surface area (Å²) in [6.45, 7) is 2.15. The molecular weight excluding hydrogens is 314 g/mol. The molecule has 0 radical (unpaired) electrons. The van der Waals surface area contributed by atoms with Crippen molar-refractivity contribution in [2.75, 3.05) is 0 Å². The van der Waals surface area contributed by atoms with Gasteiger partial charge in [-0.3, -0.25) is 4.79 Å². The van der Waals surface area contributed by atoms with E-state index in [0.29, 0.717) is 0 Å². The van der Waals surface area contributed by atoms with E-state index < -0.39 is 5.97 Å². The first-order valence-corrected chi connectivity index (χ1v) is 8.90. The molecule has 1 unspecified atom stereocenters. The van der Waals surface area contributed by atoms with Crippen LogP contribution in [-0.4, -0.2) is 12.1 Å². The van der Waals surface area contributed by atoms with E-state index in [-0.39, 0.29) is 12.5 Å². The van der Waals surface area contributed by atoms with Gasteiger partial charge in [0.2, 0.25) is 0 Å². The van der Waals surface area contributed by atoms with Crippen molar-refractivity contribution >= 4 is 5.97 Å². The molecule has 2 aromatic carbocycles. The number of hydrogen-bond acceptors (Lipinski definition) is 4. The lowest BCUT2D eigenvalue weighted by Crippen LogP contribution is -2.23. The Morgan fingerprint density at radius 3 is 2.32 bits per heavy atom. The molecule has 4 heteroatoms. The minimum Gasteiger partial charge on any atom is -0.490 e. The number of ether oxygens (including phenoxy) is 1. The zero-order valence-corrected chi connectivity index (χ0v) is 14.8. The quantitative estimate of drug-likeness (QED) is 0.513. The van der Waals surface area contributed by atoms with Crippen molar-refractivity contribution in [1.29, 1.82) is 0 Å². The summed E-state index contributed by atoms with van der Waals surface area (Å²) in [4.78, 5) is 15.8. The lowest BCUT2D eigenvalue weighted by molar-refractivity contribution is -0.146. The smallest absolute Gasteiger partial charge is 0.328 e. The number of carbonyl (C=O) groups excluding carboxylic acids is 1. The van der Waals surface area contributed by atoms with E-state index in [4.69, 9.17) is 10.6 Å². The standard InChI is InChI=1S/C21H27NO3/c1-2-3-5-10-20(16-21(23)25-22)24-19-13-11-18(12-14-19)15-17-8-6-4-7-9-17/h4,6-9,11-14,20H,2-3,5,10,15-16,22H2,1H3. The molecule has 134 valence electrons. The molecule has 0 spiro atoms. The predicted molar refractivity (Wildman–Crippen MR) is 99.1 cm³/mol. The van der Waals surface area contributed by atoms with Gasteiger partial charge in [-0.25, -0.2) is 0 Å². The van der Waals surface area contributed by atoms with E-state index in [1.54, 1.807) is 0 Å². The van der Waals surface area contributed by atoms with Gasteiger partial charge in [-0.2, -0.15) is 5.90 Å². The molecule has 1 atom stereocenters. The molecule has 0 aliphatic carbocycles. The molecule has 0 saturated heterocycles. The molecule has 0 fully saturated rings. The topological polar surface area (TPSA) is 61.5 Å². The normalized spacial score (nSPS) is 11.8. The number of hydrogen-bond donors (Lipinski definition) is 1. The van der Waals surface area contributed by atoms with Crippen LogP contribution in [0.15, 0.2) is 54.6 Å². The minimum absolute atomic E-state index is 0.173. The molecule has 0 aliphatic rings. The highest BCUT2D eigenvalue weighted by atomic mass is 16.7. The summed E-state index contributed by atoms with van der Waals surface area (Å²) in [5, 5.41) is 0. The van der Waals surface area contributed by atoms with Gasteiger partial charge in [0, 0.05) is 0 Å². The van der Waals surface area contributed by atoms with Gasteiger partial charge in [0.1, 0.15) is 11.9 Å². The number of rotatable bonds is 10. The van der Waals surface area contributed by atoms with Crippen molar-refractivity contribution in [2.24, 2.45) is 5.90 Å². The average Bonchev–Trinajstić information content (AvgIpc) is 2.64. The van der Waals surface area contributed by atoms with E-state index >= 15 is 0 Å². The average molecular weight is 341 g/mol. The van der Waals surface area contributed by atoms with Crippen LogP contribution in [0.4, 0.5) is 0 Å². The Morgan fingerprint density at radius 2 is 1.68 bits per heavy atom. The van der Waals surface area contributed by atoms with Crippen LogP contribution in [0.25, 0.3) is 0 Å². The molecule has 2 rings (SSSR count). The maximum absolute atomic E-state index is 11.5. The van der Waals surface area contributed by atoms with Crippen LogP contribution < -0.4 is 10.6 Å². The zero-order chi connectivity index (χ0) is 17.9. The zero-order valence-electron chi connectivity index (χ0n) is 14.8. The third-order valence-electron chi connectivity index (χ3n) is 4.13. The Bertz CT molecular complexity index is 625. The lowest BCUT2D eigenvalue weighted by Gasteiger charge is -2.18. The summed E-state index contributed by atoms with van der Waals surface area (Å²) in [6.07, 6.45) is 4.94. The Hall–Kier alpha value is -2.33. The number of nitrogens with two attached hydrogens (primary N) is 1. The highest BCUT2D eigenvalue weighted by Gasteiger charge is 2.16. The Kier molecular flexibility index (Phi) is 7.99. The van der Waals surface area contributed by atoms with Crippen molar-refractivity contribution < 1.29 is 14.4 Å². The third kappa shape index (κ3) is 6.98. The fourth-order valence-corrected chi connectivity index (χ4v) is 2.77. The molecule has 0 amide bonds. The fraction of sp³-hybridized carbons (Fsp3) is 0.381. The Morgan fingerprint density at radius 1 is 1.00 bits per heavy atom. The summed E-state index contributed by atoms with van der Waals surface area (Å²) < 4.78 is 5.98. The van der Waals surface area contributed by atoms with Gasteiger partial charge in [0.15, 0.2) is 0 Å². The second kappa shape index (κ2) is 10.5. The van der Waals surface area contributed by atoms with Gasteiger partial charge in [-0.15, -0.1) is 0 Å². The first kappa shape index (κ1) is 19.0. The Labute approximate surface area is 149 Å². The molecule has 25 heavy (non-hydrogen) atoms. The second-order valence-corrected chi connectivity index (χ2v) is 6.24. The maximum Gasteiger partial charge on any atom is 0.328 e. The Balaban J connectivity index is 1.94. The van der Waals surface area contributed by atoms with E-state index in [9.17, 15) is 4.79 Å². The fourth-order valence-electron chi connectivity index (χ4n) is 2.77. The molecule has 0 heterocycles. The molecule has 4 nitrogen and oxygen atoms in total. The monoisotopic (exact) mass is 341 g/mol. The summed E-state index contributed by atoms with van der Waals surface area (Å²) in [5.41, 5.74) is 2.50. The van der Waals surface area contributed by atoms with E-state index in [0.717, 1.165) is 37.9 Å². The minimum atomic E-state index is -0.442. The molecule has 2 aromatic rings. The van der Waals surface area contributed by atoms with Gasteiger partial charge in [-0.05, 0) is 42.5 Å². The van der Waals surface area contributed by atoms with Crippen molar-refractivity contribution in [3.05, 3.63) is 65.7 Å². The molecular formula is C21H27NO3. The van der Waals surface area contributed by atoms with Crippen LogP contribution in [0.2, 0.25) is 0 Å². The molecule has 0 bridgehead atoms. The maximum atomic E-state index is 11.5. The highest BCUT2D eigenvalue weighted by molar-refractivity contribution is 5.69. The summed E-state index contributed by atoms with van der Waals surface area (Å²) in [6, 6.07) is 18.4. The van der Waals surface area contributed by atoms with Crippen LogP contribution in [0, 0.1) is 0 Å². The van der Waals surface area contributed by atoms with Crippen LogP contribution in [0.5, 0.6) is 5.75 Å². The number of benzene rings is 2. The van der Waals surface area contributed by atoms with Crippen LogP contribution >= 0.6 is 0 Å². The van der Waals surface area contributed by atoms with Crippen molar-refractivity contribution in [2.45, 2.75) is 51.6 Å². The molecule has 0 saturated carbocycles. The molecule has 2 N–H and O–H groups in total. The SMILES string of the molecule is CCCCCC(CC(=O)ON)Oc1ccc(Cc2ccccc2)cc1. The molecule has 0 aromatic heterocycles. The van der Waals surface area contributed by atoms with Gasteiger partial charge in [0.05, 0.1) is 6.42 Å². The highest BCUT2D eigenvalue weighted by Crippen LogP contribution is 2.20. The summed E-state index contributed by atoms with van der Waals surface area (Å²) in [7, 11) is 0. The van der Waals surface area contributed by atoms with E-state index in [1.807, 2.05) is 30.3 Å². The summed E-state index contributed by atoms with van der Waals surface area (Å²) in [5.74, 6) is 5.28. The number of unbranched alkanes of at least 4 members (excludes halogenated alkanes) is 2. The van der Waals surface area contributed by atoms with Crippen LogP contribution in [-0.2, 0) is 16.1 Å².